The lowest BCUT2D eigenvalue weighted by atomic mass is 10.2. The molecule has 12 heteroatoms. The van der Waals surface area contributed by atoms with E-state index in [9.17, 15) is 28.1 Å². The minimum absolute atomic E-state index is 0.0780. The van der Waals surface area contributed by atoms with Crippen molar-refractivity contribution in [1.82, 2.24) is 4.90 Å². The zero-order chi connectivity index (χ0) is 22.7. The largest absolute Gasteiger partial charge is 0.467 e. The van der Waals surface area contributed by atoms with Gasteiger partial charge < -0.3 is 9.47 Å². The van der Waals surface area contributed by atoms with Gasteiger partial charge in [0.25, 0.3) is 15.8 Å². The minimum atomic E-state index is -4.09. The Bertz CT molecular complexity index is 907. The second-order valence-electron chi connectivity index (χ2n) is 7.75. The van der Waals surface area contributed by atoms with E-state index in [1.807, 2.05) is 0 Å². The predicted molar refractivity (Wildman–Crippen MR) is 104 cm³/mol. The standard InChI is InChI=1S/C18H24N2O9S/c1-18(2,3)28-17(22)19-10-14(9-15(19)16(21)27-4)29-30(25,26)11-12-5-7-13(8-6-12)20(23)24/h5-8,14-15H,9-11H2,1-4H3/t14-,15-/m1/s1. The fourth-order valence-electron chi connectivity index (χ4n) is 2.91. The fourth-order valence-corrected chi connectivity index (χ4v) is 4.13. The third-order valence-corrected chi connectivity index (χ3v) is 5.39. The molecule has 11 nitrogen and oxygen atoms in total. The summed E-state index contributed by atoms with van der Waals surface area (Å²) in [6.07, 6.45) is -1.83. The Morgan fingerprint density at radius 2 is 1.83 bits per heavy atom. The molecule has 0 bridgehead atoms. The van der Waals surface area contributed by atoms with E-state index in [2.05, 4.69) is 0 Å². The van der Waals surface area contributed by atoms with Crippen molar-refractivity contribution in [2.45, 2.75) is 50.7 Å². The van der Waals surface area contributed by atoms with Crippen molar-refractivity contribution in [2.75, 3.05) is 13.7 Å². The molecule has 0 aromatic heterocycles. The lowest BCUT2D eigenvalue weighted by Crippen LogP contribution is -2.44. The van der Waals surface area contributed by atoms with Gasteiger partial charge in [0.15, 0.2) is 0 Å². The molecule has 1 amide bonds. The Labute approximate surface area is 174 Å². The molecule has 30 heavy (non-hydrogen) atoms. The van der Waals surface area contributed by atoms with Gasteiger partial charge in [0.2, 0.25) is 0 Å². The van der Waals surface area contributed by atoms with E-state index in [1.54, 1.807) is 20.8 Å². The van der Waals surface area contributed by atoms with Gasteiger partial charge in [0, 0.05) is 18.6 Å². The highest BCUT2D eigenvalue weighted by Gasteiger charge is 2.44. The number of likely N-dealkylation sites (tertiary alicyclic amines) is 1. The van der Waals surface area contributed by atoms with Crippen molar-refractivity contribution < 1.29 is 36.6 Å². The van der Waals surface area contributed by atoms with Gasteiger partial charge in [0.1, 0.15) is 17.4 Å². The molecule has 1 aliphatic heterocycles. The highest BCUT2D eigenvalue weighted by atomic mass is 32.2. The zero-order valence-corrected chi connectivity index (χ0v) is 17.9. The van der Waals surface area contributed by atoms with Crippen LogP contribution in [0.5, 0.6) is 0 Å². The van der Waals surface area contributed by atoms with Crippen molar-refractivity contribution in [2.24, 2.45) is 0 Å². The molecule has 1 saturated heterocycles. The third kappa shape index (κ3) is 6.39. The summed E-state index contributed by atoms with van der Waals surface area (Å²) in [5, 5.41) is 10.7. The number of hydrogen-bond acceptors (Lipinski definition) is 9. The molecule has 1 aliphatic rings. The van der Waals surface area contributed by atoms with Crippen molar-refractivity contribution in [3.63, 3.8) is 0 Å². The number of rotatable bonds is 6. The van der Waals surface area contributed by atoms with Crippen LogP contribution in [0.1, 0.15) is 32.8 Å². The maximum atomic E-state index is 12.4. The van der Waals surface area contributed by atoms with E-state index in [0.717, 1.165) is 12.0 Å². The van der Waals surface area contributed by atoms with Crippen molar-refractivity contribution in [3.05, 3.63) is 39.9 Å². The summed E-state index contributed by atoms with van der Waals surface area (Å²) >= 11 is 0. The molecular weight excluding hydrogens is 420 g/mol. The summed E-state index contributed by atoms with van der Waals surface area (Å²) in [6.45, 7) is 4.82. The summed E-state index contributed by atoms with van der Waals surface area (Å²) in [5.74, 6) is -1.23. The first-order chi connectivity index (χ1) is 13.8. The Kier molecular flexibility index (Phi) is 7.03. The number of non-ortho nitro benzene ring substituents is 1. The number of hydrogen-bond donors (Lipinski definition) is 0. The Morgan fingerprint density at radius 1 is 1.23 bits per heavy atom. The number of esters is 1. The zero-order valence-electron chi connectivity index (χ0n) is 17.1. The molecule has 1 fully saturated rings. The molecule has 0 aliphatic carbocycles. The molecule has 0 N–H and O–H groups in total. The van der Waals surface area contributed by atoms with Gasteiger partial charge in [-0.3, -0.25) is 19.2 Å². The van der Waals surface area contributed by atoms with Crippen LogP contribution in [0.4, 0.5) is 10.5 Å². The van der Waals surface area contributed by atoms with E-state index in [-0.39, 0.29) is 18.7 Å². The lowest BCUT2D eigenvalue weighted by Gasteiger charge is -2.27. The second-order valence-corrected chi connectivity index (χ2v) is 9.35. The molecule has 1 aromatic carbocycles. The van der Waals surface area contributed by atoms with Crippen LogP contribution in [0.2, 0.25) is 0 Å². The maximum absolute atomic E-state index is 12.4. The smallest absolute Gasteiger partial charge is 0.411 e. The lowest BCUT2D eigenvalue weighted by molar-refractivity contribution is -0.384. The number of nitro groups is 1. The van der Waals surface area contributed by atoms with E-state index < -0.39 is 50.6 Å². The average molecular weight is 444 g/mol. The number of nitro benzene ring substituents is 1. The topological polar surface area (TPSA) is 142 Å². The van der Waals surface area contributed by atoms with Gasteiger partial charge >= 0.3 is 12.1 Å². The summed E-state index contributed by atoms with van der Waals surface area (Å²) in [7, 11) is -2.93. The maximum Gasteiger partial charge on any atom is 0.411 e. The monoisotopic (exact) mass is 444 g/mol. The van der Waals surface area contributed by atoms with Gasteiger partial charge in [-0.25, -0.2) is 9.59 Å². The van der Waals surface area contributed by atoms with Gasteiger partial charge in [-0.15, -0.1) is 0 Å². The van der Waals surface area contributed by atoms with Crippen molar-refractivity contribution in [3.8, 4) is 0 Å². The Balaban J connectivity index is 2.10. The highest BCUT2D eigenvalue weighted by molar-refractivity contribution is 7.85. The third-order valence-electron chi connectivity index (χ3n) is 4.14. The van der Waals surface area contributed by atoms with Crippen molar-refractivity contribution >= 4 is 27.9 Å². The number of benzene rings is 1. The first-order valence-electron chi connectivity index (χ1n) is 9.03. The number of carbonyl (C=O) groups excluding carboxylic acids is 2. The molecule has 0 radical (unpaired) electrons. The summed E-state index contributed by atoms with van der Waals surface area (Å²) < 4.78 is 40.0. The molecule has 0 unspecified atom stereocenters. The molecular formula is C18H24N2O9S. The van der Waals surface area contributed by atoms with Crippen molar-refractivity contribution in [1.29, 1.82) is 0 Å². The van der Waals surface area contributed by atoms with Gasteiger partial charge in [0.05, 0.1) is 24.7 Å². The van der Waals surface area contributed by atoms with E-state index in [4.69, 9.17) is 13.7 Å². The second kappa shape index (κ2) is 8.96. The van der Waals surface area contributed by atoms with Crippen LogP contribution in [0.25, 0.3) is 0 Å². The molecule has 1 aromatic rings. The van der Waals surface area contributed by atoms with E-state index >= 15 is 0 Å². The quantitative estimate of drug-likeness (QED) is 0.278. The number of amides is 1. The molecule has 2 rings (SSSR count). The van der Waals surface area contributed by atoms with E-state index in [1.165, 1.54) is 24.3 Å². The van der Waals surface area contributed by atoms with Crippen LogP contribution in [0, 0.1) is 10.1 Å². The fraction of sp³-hybridized carbons (Fsp3) is 0.556. The molecule has 0 spiro atoms. The minimum Gasteiger partial charge on any atom is -0.467 e. The average Bonchev–Trinajstić information content (AvgIpc) is 3.02. The van der Waals surface area contributed by atoms with Gasteiger partial charge in [-0.2, -0.15) is 8.42 Å². The van der Waals surface area contributed by atoms with E-state index in [0.29, 0.717) is 5.56 Å². The van der Waals surface area contributed by atoms with Crippen LogP contribution >= 0.6 is 0 Å². The summed E-state index contributed by atoms with van der Waals surface area (Å²) in [4.78, 5) is 35.7. The van der Waals surface area contributed by atoms with Crippen LogP contribution in [-0.2, 0) is 34.3 Å². The van der Waals surface area contributed by atoms with Gasteiger partial charge in [-0.05, 0) is 26.3 Å². The molecule has 2 atom stereocenters. The Morgan fingerprint density at radius 3 is 2.33 bits per heavy atom. The molecule has 166 valence electrons. The number of nitrogens with zero attached hydrogens (tertiary/aromatic N) is 2. The highest BCUT2D eigenvalue weighted by Crippen LogP contribution is 2.26. The number of ether oxygens (including phenoxy) is 2. The molecule has 0 saturated carbocycles. The summed E-state index contributed by atoms with van der Waals surface area (Å²) in [6, 6.07) is 3.98. The van der Waals surface area contributed by atoms with Crippen LogP contribution in [0.3, 0.4) is 0 Å². The number of carbonyl (C=O) groups is 2. The normalized spacial score (nSPS) is 19.4. The van der Waals surface area contributed by atoms with Crippen LogP contribution in [0.15, 0.2) is 24.3 Å². The first kappa shape index (κ1) is 23.5. The Hall–Kier alpha value is -2.73. The number of methoxy groups -OCH3 is 1. The van der Waals surface area contributed by atoms with Gasteiger partial charge in [-0.1, -0.05) is 12.1 Å². The SMILES string of the molecule is COC(=O)[C@H]1C[C@@H](OS(=O)(=O)Cc2ccc([N+](=O)[O-])cc2)CN1C(=O)OC(C)(C)C. The first-order valence-corrected chi connectivity index (χ1v) is 10.6. The predicted octanol–water partition coefficient (Wildman–Crippen LogP) is 1.99. The van der Waals surface area contributed by atoms with Crippen LogP contribution in [-0.4, -0.2) is 61.7 Å². The molecule has 1 heterocycles. The summed E-state index contributed by atoms with van der Waals surface area (Å²) in [5.41, 5.74) is -0.674. The van der Waals surface area contributed by atoms with Crippen LogP contribution < -0.4 is 0 Å².